The third-order valence-corrected chi connectivity index (χ3v) is 10.9. The Kier molecular flexibility index (Phi) is 10.5. The van der Waals surface area contributed by atoms with Crippen molar-refractivity contribution in [2.75, 3.05) is 54.0 Å². The first kappa shape index (κ1) is 33.8. The fourth-order valence-electron chi connectivity index (χ4n) is 7.58. The number of rotatable bonds is 14. The summed E-state index contributed by atoms with van der Waals surface area (Å²) >= 11 is 0. The largest absolute Gasteiger partial charge is 0.756 e. The van der Waals surface area contributed by atoms with Gasteiger partial charge in [-0.2, -0.15) is 0 Å². The molecule has 45 heavy (non-hydrogen) atoms. The zero-order chi connectivity index (χ0) is 32.2. The van der Waals surface area contributed by atoms with Gasteiger partial charge in [0.1, 0.15) is 13.2 Å². The minimum Gasteiger partial charge on any atom is -0.756 e. The number of likely N-dealkylation sites (N-methyl/N-ethyl adjacent to an activating group) is 1. The van der Waals surface area contributed by atoms with E-state index in [2.05, 4.69) is 43.0 Å². The summed E-state index contributed by atoms with van der Waals surface area (Å²) in [4.78, 5) is 27.3. The Morgan fingerprint density at radius 3 is 2.47 bits per heavy atom. The lowest BCUT2D eigenvalue weighted by atomic mass is 9.66. The monoisotopic (exact) mass is 636 g/mol. The second kappa shape index (κ2) is 14.0. The van der Waals surface area contributed by atoms with Crippen LogP contribution in [-0.4, -0.2) is 80.5 Å². The van der Waals surface area contributed by atoms with Gasteiger partial charge in [0.15, 0.2) is 0 Å². The third kappa shape index (κ3) is 7.87. The van der Waals surface area contributed by atoms with Gasteiger partial charge >= 0.3 is 0 Å². The number of fused-ring (bicyclic) bond motifs is 1. The van der Waals surface area contributed by atoms with E-state index in [1.54, 1.807) is 0 Å². The van der Waals surface area contributed by atoms with Gasteiger partial charge in [-0.05, 0) is 60.8 Å². The van der Waals surface area contributed by atoms with Crippen LogP contribution in [-0.2, 0) is 18.4 Å². The van der Waals surface area contributed by atoms with Gasteiger partial charge in [0.2, 0.25) is 5.91 Å². The quantitative estimate of drug-likeness (QED) is 0.216. The van der Waals surface area contributed by atoms with E-state index < -0.39 is 7.82 Å². The van der Waals surface area contributed by atoms with E-state index in [1.165, 1.54) is 16.7 Å². The van der Waals surface area contributed by atoms with Crippen molar-refractivity contribution in [3.8, 4) is 0 Å². The van der Waals surface area contributed by atoms with Crippen LogP contribution in [0.1, 0.15) is 56.1 Å². The molecule has 244 valence electrons. The third-order valence-electron chi connectivity index (χ3n) is 9.91. The highest BCUT2D eigenvalue weighted by atomic mass is 31.2. The number of nitrogens with zero attached hydrogens (tertiary/aromatic N) is 2. The van der Waals surface area contributed by atoms with Crippen molar-refractivity contribution in [1.29, 1.82) is 0 Å². The van der Waals surface area contributed by atoms with Gasteiger partial charge in [0.05, 0.1) is 33.9 Å². The summed E-state index contributed by atoms with van der Waals surface area (Å²) in [6.07, 6.45) is 4.66. The summed E-state index contributed by atoms with van der Waals surface area (Å²) in [5.41, 5.74) is 5.63. The van der Waals surface area contributed by atoms with E-state index in [0.29, 0.717) is 37.0 Å². The summed E-state index contributed by atoms with van der Waals surface area (Å²) < 4.78 is 23.0. The van der Waals surface area contributed by atoms with Crippen LogP contribution in [0.25, 0.3) is 11.1 Å². The van der Waals surface area contributed by atoms with E-state index in [9.17, 15) is 19.4 Å². The number of aliphatic hydroxyl groups excluding tert-OH is 1. The number of likely N-dealkylation sites (tertiary alicyclic amines) is 1. The Labute approximate surface area is 268 Å². The van der Waals surface area contributed by atoms with Crippen molar-refractivity contribution in [2.45, 2.75) is 51.0 Å². The minimum atomic E-state index is -4.37. The summed E-state index contributed by atoms with van der Waals surface area (Å²) in [5, 5.41) is 11.2. The molecule has 0 aromatic heterocycles. The van der Waals surface area contributed by atoms with E-state index in [-0.39, 0.29) is 42.5 Å². The lowest BCUT2D eigenvalue weighted by molar-refractivity contribution is -0.870. The first-order valence-electron chi connectivity index (χ1n) is 16.3. The molecule has 1 unspecified atom stereocenters. The highest BCUT2D eigenvalue weighted by Crippen LogP contribution is 2.66. The molecule has 1 aliphatic heterocycles. The Bertz CT molecular complexity index is 1420. The SMILES string of the molecule is C=C(c1ccccc1)[C@@]12CC[C@@H](O)[C@@H]1CC(CCCC(=O)N1CC[C@@H](COP(=O)([O-])OCC[N+](C)(C)C)C1)=C2c1ccccc1. The maximum Gasteiger partial charge on any atom is 0.268 e. The average Bonchev–Trinajstić information content (AvgIpc) is 3.70. The molecular weight excluding hydrogens is 587 g/mol. The number of phosphoric ester groups is 1. The molecule has 1 heterocycles. The maximum absolute atomic E-state index is 13.2. The zero-order valence-electron chi connectivity index (χ0n) is 27.0. The summed E-state index contributed by atoms with van der Waals surface area (Å²) in [6.45, 7) is 6.39. The molecule has 2 aromatic carbocycles. The van der Waals surface area contributed by atoms with E-state index in [4.69, 9.17) is 9.05 Å². The van der Waals surface area contributed by atoms with Crippen LogP contribution in [0.3, 0.4) is 0 Å². The number of aliphatic hydroxyl groups is 1. The number of hydrogen-bond acceptors (Lipinski definition) is 6. The molecule has 0 spiro atoms. The highest BCUT2D eigenvalue weighted by Gasteiger charge is 2.56. The Morgan fingerprint density at radius 1 is 1.09 bits per heavy atom. The molecule has 2 aromatic rings. The molecule has 9 heteroatoms. The number of carbonyl (C=O) groups excluding carboxylic acids is 1. The van der Waals surface area contributed by atoms with Crippen molar-refractivity contribution in [3.05, 3.63) is 83.9 Å². The van der Waals surface area contributed by atoms with E-state index in [1.807, 2.05) is 50.3 Å². The highest BCUT2D eigenvalue weighted by molar-refractivity contribution is 7.45. The van der Waals surface area contributed by atoms with Gasteiger partial charge in [-0.1, -0.05) is 72.8 Å². The Hall–Kier alpha value is -2.58. The van der Waals surface area contributed by atoms with Crippen LogP contribution >= 0.6 is 7.82 Å². The average molecular weight is 637 g/mol. The predicted octanol–water partition coefficient (Wildman–Crippen LogP) is 5.54. The summed E-state index contributed by atoms with van der Waals surface area (Å²) in [7, 11) is 1.52. The van der Waals surface area contributed by atoms with E-state index in [0.717, 1.165) is 43.2 Å². The number of benzene rings is 2. The molecule has 5 rings (SSSR count). The summed E-state index contributed by atoms with van der Waals surface area (Å²) in [6, 6.07) is 20.8. The predicted molar refractivity (Wildman–Crippen MR) is 176 cm³/mol. The van der Waals surface area contributed by atoms with Crippen molar-refractivity contribution < 1.29 is 32.9 Å². The fourth-order valence-corrected chi connectivity index (χ4v) is 8.35. The lowest BCUT2D eigenvalue weighted by Crippen LogP contribution is -2.37. The van der Waals surface area contributed by atoms with Crippen molar-refractivity contribution in [1.82, 2.24) is 4.90 Å². The molecule has 1 saturated carbocycles. The second-order valence-corrected chi connectivity index (χ2v) is 15.4. The van der Waals surface area contributed by atoms with Crippen LogP contribution in [0, 0.1) is 17.3 Å². The van der Waals surface area contributed by atoms with Crippen LogP contribution in [0.15, 0.2) is 72.8 Å². The Morgan fingerprint density at radius 2 is 1.78 bits per heavy atom. The normalized spacial score (nSPS) is 26.2. The zero-order valence-corrected chi connectivity index (χ0v) is 27.9. The second-order valence-electron chi connectivity index (χ2n) is 14.0. The topological polar surface area (TPSA) is 99.1 Å². The number of allylic oxidation sites excluding steroid dienone is 3. The maximum atomic E-state index is 13.2. The van der Waals surface area contributed by atoms with Crippen molar-refractivity contribution >= 4 is 24.9 Å². The van der Waals surface area contributed by atoms with Gasteiger partial charge in [-0.3, -0.25) is 9.36 Å². The van der Waals surface area contributed by atoms with Gasteiger partial charge in [0, 0.05) is 36.8 Å². The molecule has 1 N–H and O–H groups in total. The fraction of sp³-hybridized carbons (Fsp3) is 0.528. The van der Waals surface area contributed by atoms with Crippen LogP contribution in [0.4, 0.5) is 0 Å². The van der Waals surface area contributed by atoms with Crippen molar-refractivity contribution in [3.63, 3.8) is 0 Å². The molecule has 2 aliphatic carbocycles. The van der Waals surface area contributed by atoms with Crippen LogP contribution in [0.2, 0.25) is 0 Å². The number of carbonyl (C=O) groups is 1. The first-order valence-corrected chi connectivity index (χ1v) is 17.7. The van der Waals surface area contributed by atoms with Crippen molar-refractivity contribution in [2.24, 2.45) is 17.3 Å². The first-order chi connectivity index (χ1) is 21.4. The molecule has 8 nitrogen and oxygen atoms in total. The molecule has 1 saturated heterocycles. The molecule has 0 bridgehead atoms. The number of amides is 1. The minimum absolute atomic E-state index is 0.0271. The lowest BCUT2D eigenvalue weighted by Gasteiger charge is -2.37. The molecule has 5 atom stereocenters. The number of hydrogen-bond donors (Lipinski definition) is 1. The molecule has 2 fully saturated rings. The van der Waals surface area contributed by atoms with Gasteiger partial charge in [-0.15, -0.1) is 0 Å². The van der Waals surface area contributed by atoms with Gasteiger partial charge in [-0.25, -0.2) is 0 Å². The molecule has 0 radical (unpaired) electrons. The smallest absolute Gasteiger partial charge is 0.268 e. The molecule has 3 aliphatic rings. The molecule has 1 amide bonds. The standard InChI is InChI=1S/C36H49N2O6P/c1-27(29-12-7-5-8-13-29)36-20-18-33(39)32(36)24-31(35(36)30-14-9-6-10-15-30)16-11-17-34(40)37-21-19-28(25-37)26-44-45(41,42)43-23-22-38(2,3)4/h5-10,12-15,28,32-33,39H,1,11,16-26H2,2-4H3/t28-,32+,33-,36+/m1/s1. The van der Waals surface area contributed by atoms with Crippen LogP contribution < -0.4 is 4.89 Å². The van der Waals surface area contributed by atoms with Crippen LogP contribution in [0.5, 0.6) is 0 Å². The van der Waals surface area contributed by atoms with Gasteiger partial charge in [0.25, 0.3) is 7.82 Å². The number of phosphoric acid groups is 1. The molecular formula is C36H49N2O6P. The number of quaternary nitrogens is 1. The Balaban J connectivity index is 1.21. The van der Waals surface area contributed by atoms with Gasteiger partial charge < -0.3 is 28.4 Å². The van der Waals surface area contributed by atoms with E-state index >= 15 is 0 Å². The summed E-state index contributed by atoms with van der Waals surface area (Å²) in [5.74, 6) is 0.120.